The molecule has 5 rings (SSSR count). The van der Waals surface area contributed by atoms with Crippen LogP contribution in [-0.2, 0) is 34.8 Å². The maximum Gasteiger partial charge on any atom is 0.293 e. The van der Waals surface area contributed by atoms with E-state index in [9.17, 15) is 9.90 Å². The molecule has 0 saturated carbocycles. The fraction of sp³-hybridized carbons (Fsp3) is 0.565. The Morgan fingerprint density at radius 1 is 1.21 bits per heavy atom. The number of nitrogens with zero attached hydrogens (tertiary/aromatic N) is 10. The molecule has 0 radical (unpaired) electrons. The molecule has 5 heterocycles. The molecule has 1 aliphatic rings. The average molecular weight is 541 g/mol. The predicted octanol–water partition coefficient (Wildman–Crippen LogP) is 0.511. The number of carbonyl (C=O) groups is 1. The molecule has 4 aromatic heterocycles. The van der Waals surface area contributed by atoms with E-state index >= 15 is 0 Å². The molecule has 0 aromatic carbocycles. The van der Waals surface area contributed by atoms with Gasteiger partial charge in [0.05, 0.1) is 25.4 Å². The number of nitrogens with one attached hydrogen (secondary N) is 2. The minimum Gasteiger partial charge on any atom is -0.458 e. The van der Waals surface area contributed by atoms with Gasteiger partial charge < -0.3 is 29.8 Å². The van der Waals surface area contributed by atoms with E-state index in [1.165, 1.54) is 11.1 Å². The maximum absolute atomic E-state index is 11.2. The number of ether oxygens (including phenoxy) is 2. The quantitative estimate of drug-likeness (QED) is 0.211. The van der Waals surface area contributed by atoms with Crippen LogP contribution in [0.15, 0.2) is 18.9 Å². The van der Waals surface area contributed by atoms with E-state index in [-0.39, 0.29) is 18.3 Å². The number of hydrogen-bond acceptors (Lipinski definition) is 13. The molecule has 0 bridgehead atoms. The van der Waals surface area contributed by atoms with E-state index < -0.39 is 24.5 Å². The van der Waals surface area contributed by atoms with Gasteiger partial charge in [0.25, 0.3) is 6.47 Å². The molecule has 1 aliphatic heterocycles. The SMILES string of the molecule is CCC(CC)Nc1nc(NCCc2cn(C)cn2)nc2c1ncn2[C@@H]1O[C@H](c2nnn(C)n2)[C@@H](OC=O)[C@H]1O. The lowest BCUT2D eigenvalue weighted by Gasteiger charge is -2.19. The summed E-state index contributed by atoms with van der Waals surface area (Å²) < 4.78 is 14.8. The average Bonchev–Trinajstić information content (AvgIpc) is 3.71. The van der Waals surface area contributed by atoms with Crippen LogP contribution in [0.1, 0.15) is 50.5 Å². The number of tetrazole rings is 1. The van der Waals surface area contributed by atoms with Gasteiger partial charge in [0, 0.05) is 32.3 Å². The van der Waals surface area contributed by atoms with Crippen molar-refractivity contribution in [2.24, 2.45) is 14.1 Å². The number of aliphatic hydroxyl groups excluding tert-OH is 1. The first-order valence-corrected chi connectivity index (χ1v) is 12.8. The van der Waals surface area contributed by atoms with Crippen molar-refractivity contribution >= 4 is 29.4 Å². The number of fused-ring (bicyclic) bond motifs is 1. The van der Waals surface area contributed by atoms with Gasteiger partial charge in [-0.15, -0.1) is 10.2 Å². The highest BCUT2D eigenvalue weighted by atomic mass is 16.6. The van der Waals surface area contributed by atoms with Crippen molar-refractivity contribution in [3.05, 3.63) is 30.4 Å². The monoisotopic (exact) mass is 540 g/mol. The normalized spacial score (nSPS) is 21.1. The van der Waals surface area contributed by atoms with Gasteiger partial charge in [-0.25, -0.2) is 9.97 Å². The molecule has 16 nitrogen and oxygen atoms in total. The number of rotatable bonds is 12. The molecule has 0 unspecified atom stereocenters. The Kier molecular flexibility index (Phi) is 7.65. The number of hydrogen-bond donors (Lipinski definition) is 3. The van der Waals surface area contributed by atoms with Crippen molar-refractivity contribution in [1.29, 1.82) is 0 Å². The highest BCUT2D eigenvalue weighted by molar-refractivity contribution is 5.84. The summed E-state index contributed by atoms with van der Waals surface area (Å²) in [5, 5.41) is 29.9. The van der Waals surface area contributed by atoms with E-state index in [0.717, 1.165) is 18.5 Å². The molecule has 4 aromatic rings. The van der Waals surface area contributed by atoms with Crippen LogP contribution in [0.5, 0.6) is 0 Å². The third kappa shape index (κ3) is 5.37. The number of aromatic nitrogens is 10. The van der Waals surface area contributed by atoms with Gasteiger partial charge in [-0.1, -0.05) is 13.8 Å². The first-order chi connectivity index (χ1) is 18.9. The topological polar surface area (TPSA) is 185 Å². The summed E-state index contributed by atoms with van der Waals surface area (Å²) in [6.45, 7) is 5.01. The summed E-state index contributed by atoms with van der Waals surface area (Å²) >= 11 is 0. The first kappa shape index (κ1) is 26.4. The van der Waals surface area contributed by atoms with Crippen LogP contribution in [0.3, 0.4) is 0 Å². The molecular weight excluding hydrogens is 508 g/mol. The van der Waals surface area contributed by atoms with Crippen molar-refractivity contribution in [1.82, 2.24) is 49.3 Å². The summed E-state index contributed by atoms with van der Waals surface area (Å²) in [5.74, 6) is 1.12. The highest BCUT2D eigenvalue weighted by Crippen LogP contribution is 2.40. The van der Waals surface area contributed by atoms with E-state index in [0.29, 0.717) is 35.9 Å². The zero-order valence-electron chi connectivity index (χ0n) is 22.2. The Balaban J connectivity index is 1.48. The molecular formula is C23H32N12O4. The lowest BCUT2D eigenvalue weighted by molar-refractivity contribution is -0.140. The molecule has 16 heteroatoms. The molecule has 208 valence electrons. The van der Waals surface area contributed by atoms with Gasteiger partial charge in [0.2, 0.25) is 11.8 Å². The summed E-state index contributed by atoms with van der Waals surface area (Å²) in [5.41, 5.74) is 1.89. The van der Waals surface area contributed by atoms with Crippen molar-refractivity contribution in [2.45, 2.75) is 63.7 Å². The third-order valence-corrected chi connectivity index (χ3v) is 6.65. The van der Waals surface area contributed by atoms with Crippen molar-refractivity contribution in [3.63, 3.8) is 0 Å². The number of anilines is 2. The van der Waals surface area contributed by atoms with Crippen LogP contribution in [0.2, 0.25) is 0 Å². The van der Waals surface area contributed by atoms with Crippen molar-refractivity contribution < 1.29 is 19.4 Å². The fourth-order valence-corrected chi connectivity index (χ4v) is 4.58. The maximum atomic E-state index is 11.2. The largest absolute Gasteiger partial charge is 0.458 e. The van der Waals surface area contributed by atoms with Crippen LogP contribution in [0.25, 0.3) is 11.2 Å². The summed E-state index contributed by atoms with van der Waals surface area (Å²) in [6.07, 6.45) is 3.45. The van der Waals surface area contributed by atoms with Gasteiger partial charge in [0.1, 0.15) is 6.10 Å². The second-order valence-electron chi connectivity index (χ2n) is 9.36. The van der Waals surface area contributed by atoms with Gasteiger partial charge in [-0.2, -0.15) is 14.8 Å². The van der Waals surface area contributed by atoms with E-state index in [1.807, 2.05) is 17.8 Å². The first-order valence-electron chi connectivity index (χ1n) is 12.8. The van der Waals surface area contributed by atoms with Crippen LogP contribution in [0.4, 0.5) is 11.8 Å². The molecule has 0 spiro atoms. The minimum atomic E-state index is -1.26. The predicted molar refractivity (Wildman–Crippen MR) is 137 cm³/mol. The van der Waals surface area contributed by atoms with Crippen molar-refractivity contribution in [3.8, 4) is 0 Å². The van der Waals surface area contributed by atoms with Crippen LogP contribution < -0.4 is 10.6 Å². The number of aryl methyl sites for hydroxylation is 2. The second-order valence-corrected chi connectivity index (χ2v) is 9.36. The Morgan fingerprint density at radius 2 is 2.03 bits per heavy atom. The zero-order chi connectivity index (χ0) is 27.5. The second kappa shape index (κ2) is 11.3. The van der Waals surface area contributed by atoms with Gasteiger partial charge in [0.15, 0.2) is 35.4 Å². The molecule has 3 N–H and O–H groups in total. The molecule has 0 aliphatic carbocycles. The zero-order valence-corrected chi connectivity index (χ0v) is 22.2. The number of carbonyl (C=O) groups excluding carboxylic acids is 1. The summed E-state index contributed by atoms with van der Waals surface area (Å²) in [4.78, 5) is 30.8. The van der Waals surface area contributed by atoms with E-state index in [4.69, 9.17) is 19.4 Å². The van der Waals surface area contributed by atoms with Gasteiger partial charge in [-0.3, -0.25) is 9.36 Å². The van der Waals surface area contributed by atoms with E-state index in [1.54, 1.807) is 17.9 Å². The molecule has 1 saturated heterocycles. The number of imidazole rings is 2. The van der Waals surface area contributed by atoms with Gasteiger partial charge in [-0.05, 0) is 18.1 Å². The molecule has 4 atom stereocenters. The van der Waals surface area contributed by atoms with Crippen LogP contribution in [-0.4, -0.2) is 85.7 Å². The number of aliphatic hydroxyl groups is 1. The Hall–Kier alpha value is -4.18. The lowest BCUT2D eigenvalue weighted by Crippen LogP contribution is -2.31. The third-order valence-electron chi connectivity index (χ3n) is 6.65. The standard InChI is InChI=1S/C23H32N12O4/c1-5-13(6-2)27-19-15-21(29-23(28-19)24-8-7-14-9-33(3)10-25-14)35(11-26-15)22-16(37)17(38-12-36)18(39-22)20-30-32-34(4)31-20/h9-13,16-18,22,37H,5-8H2,1-4H3,(H2,24,27,28,29)/t16-,17+,18+,22-/m1/s1. The Labute approximate surface area is 223 Å². The smallest absolute Gasteiger partial charge is 0.293 e. The Morgan fingerprint density at radius 3 is 2.69 bits per heavy atom. The lowest BCUT2D eigenvalue weighted by atomic mass is 10.1. The van der Waals surface area contributed by atoms with Crippen molar-refractivity contribution in [2.75, 3.05) is 17.2 Å². The van der Waals surface area contributed by atoms with E-state index in [2.05, 4.69) is 49.9 Å². The highest BCUT2D eigenvalue weighted by Gasteiger charge is 2.49. The molecule has 1 fully saturated rings. The fourth-order valence-electron chi connectivity index (χ4n) is 4.58. The summed E-state index contributed by atoms with van der Waals surface area (Å²) in [7, 11) is 3.53. The minimum absolute atomic E-state index is 0.179. The Bertz CT molecular complexity index is 1410. The van der Waals surface area contributed by atoms with Gasteiger partial charge >= 0.3 is 0 Å². The molecule has 0 amide bonds. The van der Waals surface area contributed by atoms with Crippen LogP contribution in [0, 0.1) is 0 Å². The molecule has 39 heavy (non-hydrogen) atoms. The van der Waals surface area contributed by atoms with Crippen LogP contribution >= 0.6 is 0 Å². The summed E-state index contributed by atoms with van der Waals surface area (Å²) in [6, 6.07) is 0.181.